The molecule has 3 heteroatoms. The van der Waals surface area contributed by atoms with Crippen molar-refractivity contribution in [2.75, 3.05) is 0 Å². The van der Waals surface area contributed by atoms with Gasteiger partial charge in [0.25, 0.3) is 0 Å². The van der Waals surface area contributed by atoms with E-state index < -0.39 is 6.10 Å². The maximum Gasteiger partial charge on any atom is 0.138 e. The highest BCUT2D eigenvalue weighted by Gasteiger charge is 2.19. The van der Waals surface area contributed by atoms with Crippen LogP contribution in [0, 0.1) is 6.92 Å². The van der Waals surface area contributed by atoms with Crippen LogP contribution in [0.15, 0.2) is 46.9 Å². The highest BCUT2D eigenvalue weighted by atomic mass is 16.5. The van der Waals surface area contributed by atoms with Crippen LogP contribution in [0.25, 0.3) is 11.0 Å². The molecule has 1 N–H and O–H groups in total. The molecule has 1 aliphatic heterocycles. The van der Waals surface area contributed by atoms with Crippen LogP contribution in [-0.4, -0.2) is 5.11 Å². The number of fused-ring (bicyclic) bond motifs is 2. The normalized spacial score (nSPS) is 15.3. The minimum absolute atomic E-state index is 0.582. The number of furan rings is 1. The van der Waals surface area contributed by atoms with Gasteiger partial charge in [-0.25, -0.2) is 0 Å². The summed E-state index contributed by atoms with van der Waals surface area (Å²) >= 11 is 0. The Hall–Kier alpha value is -2.10. The molecule has 0 spiro atoms. The Kier molecular flexibility index (Phi) is 2.84. The zero-order valence-electron chi connectivity index (χ0n) is 11.8. The van der Waals surface area contributed by atoms with Crippen LogP contribution in [-0.2, 0) is 18.0 Å². The van der Waals surface area contributed by atoms with Gasteiger partial charge in [-0.1, -0.05) is 36.4 Å². The third kappa shape index (κ3) is 2.06. The maximum absolute atomic E-state index is 10.6. The van der Waals surface area contributed by atoms with Crippen LogP contribution < -0.4 is 0 Å². The Morgan fingerprint density at radius 2 is 1.90 bits per heavy atom. The number of aliphatic hydroxyl groups is 1. The Morgan fingerprint density at radius 1 is 1.05 bits per heavy atom. The Labute approximate surface area is 122 Å². The number of aryl methyl sites for hydroxylation is 1. The van der Waals surface area contributed by atoms with Gasteiger partial charge in [-0.3, -0.25) is 0 Å². The van der Waals surface area contributed by atoms with Crippen molar-refractivity contribution in [3.63, 3.8) is 0 Å². The van der Waals surface area contributed by atoms with E-state index in [0.717, 1.165) is 27.7 Å². The zero-order valence-corrected chi connectivity index (χ0v) is 11.8. The molecule has 0 amide bonds. The van der Waals surface area contributed by atoms with E-state index in [4.69, 9.17) is 9.15 Å². The van der Waals surface area contributed by atoms with E-state index in [-0.39, 0.29) is 0 Å². The molecule has 4 rings (SSSR count). The van der Waals surface area contributed by atoms with Crippen molar-refractivity contribution in [2.24, 2.45) is 0 Å². The molecule has 1 unspecified atom stereocenters. The molecule has 0 saturated heterocycles. The molecule has 21 heavy (non-hydrogen) atoms. The van der Waals surface area contributed by atoms with Crippen molar-refractivity contribution in [1.82, 2.24) is 0 Å². The largest absolute Gasteiger partial charge is 0.458 e. The van der Waals surface area contributed by atoms with Crippen molar-refractivity contribution >= 4 is 11.0 Å². The van der Waals surface area contributed by atoms with Crippen molar-refractivity contribution in [1.29, 1.82) is 0 Å². The van der Waals surface area contributed by atoms with Gasteiger partial charge < -0.3 is 14.3 Å². The number of rotatable bonds is 2. The van der Waals surface area contributed by atoms with Crippen LogP contribution in [0.3, 0.4) is 0 Å². The molecule has 2 heterocycles. The first-order valence-electron chi connectivity index (χ1n) is 7.09. The lowest BCUT2D eigenvalue weighted by molar-refractivity contribution is 0.134. The van der Waals surface area contributed by atoms with Crippen LogP contribution in [0.2, 0.25) is 0 Å². The summed E-state index contributed by atoms with van der Waals surface area (Å²) in [5.74, 6) is 0.582. The van der Waals surface area contributed by atoms with Gasteiger partial charge in [0.15, 0.2) is 0 Å². The highest BCUT2D eigenvalue weighted by Crippen LogP contribution is 2.31. The first-order chi connectivity index (χ1) is 10.2. The number of benzene rings is 2. The lowest BCUT2D eigenvalue weighted by atomic mass is 10.0. The standard InChI is InChI=1S/C18H16O3/c1-11-3-2-4-13-8-16(21-18(11)13)17(19)12-5-6-14-9-20-10-15(14)7-12/h2-8,17,19H,9-10H2,1H3. The summed E-state index contributed by atoms with van der Waals surface area (Å²) < 4.78 is 11.3. The average Bonchev–Trinajstić information content (AvgIpc) is 3.12. The first kappa shape index (κ1) is 12.6. The monoisotopic (exact) mass is 280 g/mol. The van der Waals surface area contributed by atoms with E-state index in [0.29, 0.717) is 19.0 Å². The minimum atomic E-state index is -0.748. The van der Waals surface area contributed by atoms with Gasteiger partial charge in [-0.05, 0) is 35.2 Å². The third-order valence-corrected chi connectivity index (χ3v) is 4.09. The molecule has 3 aromatic rings. The molecule has 0 bridgehead atoms. The predicted octanol–water partition coefficient (Wildman–Crippen LogP) is 3.85. The van der Waals surface area contributed by atoms with Crippen LogP contribution in [0.1, 0.15) is 34.1 Å². The number of para-hydroxylation sites is 1. The van der Waals surface area contributed by atoms with Gasteiger partial charge in [0.2, 0.25) is 0 Å². The van der Waals surface area contributed by atoms with E-state index in [1.165, 1.54) is 5.56 Å². The van der Waals surface area contributed by atoms with Crippen molar-refractivity contribution in [3.05, 3.63) is 70.5 Å². The molecule has 1 aliphatic rings. The van der Waals surface area contributed by atoms with Crippen molar-refractivity contribution in [2.45, 2.75) is 26.2 Å². The molecule has 106 valence electrons. The number of ether oxygens (including phenoxy) is 1. The topological polar surface area (TPSA) is 42.6 Å². The summed E-state index contributed by atoms with van der Waals surface area (Å²) in [6, 6.07) is 13.9. The summed E-state index contributed by atoms with van der Waals surface area (Å²) in [4.78, 5) is 0. The lowest BCUT2D eigenvalue weighted by Crippen LogP contribution is -1.99. The Bertz CT molecular complexity index is 816. The third-order valence-electron chi connectivity index (χ3n) is 4.09. The Morgan fingerprint density at radius 3 is 2.76 bits per heavy atom. The molecule has 0 saturated carbocycles. The summed E-state index contributed by atoms with van der Waals surface area (Å²) in [5.41, 5.74) is 5.12. The second kappa shape index (κ2) is 4.72. The fourth-order valence-corrected chi connectivity index (χ4v) is 2.89. The van der Waals surface area contributed by atoms with E-state index in [1.807, 2.05) is 49.4 Å². The molecule has 0 fully saturated rings. The summed E-state index contributed by atoms with van der Waals surface area (Å²) in [5, 5.41) is 11.6. The van der Waals surface area contributed by atoms with Gasteiger partial charge >= 0.3 is 0 Å². The Balaban J connectivity index is 1.75. The molecular formula is C18H16O3. The van der Waals surface area contributed by atoms with Crippen LogP contribution in [0.4, 0.5) is 0 Å². The molecule has 1 aromatic heterocycles. The fourth-order valence-electron chi connectivity index (χ4n) is 2.89. The molecule has 3 nitrogen and oxygen atoms in total. The highest BCUT2D eigenvalue weighted by molar-refractivity contribution is 5.81. The molecule has 0 radical (unpaired) electrons. The molecule has 1 atom stereocenters. The second-order valence-corrected chi connectivity index (χ2v) is 5.57. The van der Waals surface area contributed by atoms with E-state index in [2.05, 4.69) is 0 Å². The van der Waals surface area contributed by atoms with Gasteiger partial charge in [0.05, 0.1) is 13.2 Å². The van der Waals surface area contributed by atoms with Crippen LogP contribution in [0.5, 0.6) is 0 Å². The zero-order chi connectivity index (χ0) is 14.4. The minimum Gasteiger partial charge on any atom is -0.458 e. The predicted molar refractivity (Wildman–Crippen MR) is 79.9 cm³/mol. The molecule has 0 aliphatic carbocycles. The number of aliphatic hydroxyl groups excluding tert-OH is 1. The lowest BCUT2D eigenvalue weighted by Gasteiger charge is -2.09. The first-order valence-corrected chi connectivity index (χ1v) is 7.09. The van der Waals surface area contributed by atoms with Gasteiger partial charge in [0, 0.05) is 5.39 Å². The van der Waals surface area contributed by atoms with E-state index in [9.17, 15) is 5.11 Å². The quantitative estimate of drug-likeness (QED) is 0.775. The second-order valence-electron chi connectivity index (χ2n) is 5.57. The average molecular weight is 280 g/mol. The van der Waals surface area contributed by atoms with Gasteiger partial charge in [-0.15, -0.1) is 0 Å². The van der Waals surface area contributed by atoms with Gasteiger partial charge in [0.1, 0.15) is 17.4 Å². The smallest absolute Gasteiger partial charge is 0.138 e. The summed E-state index contributed by atoms with van der Waals surface area (Å²) in [6.45, 7) is 3.29. The summed E-state index contributed by atoms with van der Waals surface area (Å²) in [7, 11) is 0. The SMILES string of the molecule is Cc1cccc2cc(C(O)c3ccc4c(c3)COC4)oc12. The maximum atomic E-state index is 10.6. The number of hydrogen-bond donors (Lipinski definition) is 1. The summed E-state index contributed by atoms with van der Waals surface area (Å²) in [6.07, 6.45) is -0.748. The fraction of sp³-hybridized carbons (Fsp3) is 0.222. The van der Waals surface area contributed by atoms with Crippen molar-refractivity contribution < 1.29 is 14.3 Å². The van der Waals surface area contributed by atoms with Crippen molar-refractivity contribution in [3.8, 4) is 0 Å². The van der Waals surface area contributed by atoms with E-state index >= 15 is 0 Å². The molecular weight excluding hydrogens is 264 g/mol. The van der Waals surface area contributed by atoms with Gasteiger partial charge in [-0.2, -0.15) is 0 Å². The molecule has 2 aromatic carbocycles. The van der Waals surface area contributed by atoms with Crippen LogP contribution >= 0.6 is 0 Å². The number of hydrogen-bond acceptors (Lipinski definition) is 3. The van der Waals surface area contributed by atoms with E-state index in [1.54, 1.807) is 0 Å².